The second kappa shape index (κ2) is 9.13. The number of amides is 1. The van der Waals surface area contributed by atoms with Crippen LogP contribution < -0.4 is 14.4 Å². The molecule has 1 atom stereocenters. The molecular formula is C24H18Cl2N2O5. The molecule has 0 bridgehead atoms. The van der Waals surface area contributed by atoms with Gasteiger partial charge in [-0.05, 0) is 54.1 Å². The third-order valence-electron chi connectivity index (χ3n) is 5.29. The van der Waals surface area contributed by atoms with E-state index < -0.39 is 23.5 Å². The molecule has 0 spiro atoms. The molecule has 3 aromatic rings. The van der Waals surface area contributed by atoms with E-state index >= 15 is 0 Å². The Bertz CT molecular complexity index is 1240. The van der Waals surface area contributed by atoms with E-state index in [0.29, 0.717) is 17.0 Å². The van der Waals surface area contributed by atoms with Gasteiger partial charge >= 0.3 is 0 Å². The SMILES string of the molecule is COc1ccc(N2C(=O)C(=O)/C(=C(/O)c3cc(Cl)c(OC)c(Cl)c3)C2c2ccncc2)cc1. The molecule has 1 fully saturated rings. The summed E-state index contributed by atoms with van der Waals surface area (Å²) in [5, 5.41) is 11.5. The quantitative estimate of drug-likeness (QED) is 0.310. The van der Waals surface area contributed by atoms with Crippen LogP contribution in [-0.2, 0) is 9.59 Å². The number of carbonyl (C=O) groups is 2. The molecule has 0 radical (unpaired) electrons. The Labute approximate surface area is 199 Å². The number of halogens is 2. The Morgan fingerprint density at radius 3 is 2.12 bits per heavy atom. The summed E-state index contributed by atoms with van der Waals surface area (Å²) in [6.07, 6.45) is 3.09. The zero-order valence-electron chi connectivity index (χ0n) is 17.6. The number of hydrogen-bond donors (Lipinski definition) is 1. The highest BCUT2D eigenvalue weighted by Gasteiger charge is 2.47. The third kappa shape index (κ3) is 4.01. The van der Waals surface area contributed by atoms with Crippen molar-refractivity contribution in [3.05, 3.63) is 87.7 Å². The number of aliphatic hydroxyl groups is 1. The van der Waals surface area contributed by atoms with Gasteiger partial charge in [0.1, 0.15) is 11.5 Å². The molecule has 168 valence electrons. The molecule has 7 nitrogen and oxygen atoms in total. The minimum atomic E-state index is -0.902. The molecule has 1 N–H and O–H groups in total. The highest BCUT2D eigenvalue weighted by molar-refractivity contribution is 6.51. The maximum Gasteiger partial charge on any atom is 0.300 e. The number of aromatic nitrogens is 1. The number of anilines is 1. The average molecular weight is 485 g/mol. The number of benzene rings is 2. The van der Waals surface area contributed by atoms with E-state index in [-0.39, 0.29) is 26.9 Å². The number of carbonyl (C=O) groups excluding carboxylic acids is 2. The van der Waals surface area contributed by atoms with Crippen molar-refractivity contribution < 1.29 is 24.2 Å². The number of nitrogens with zero attached hydrogens (tertiary/aromatic N) is 2. The lowest BCUT2D eigenvalue weighted by Crippen LogP contribution is -2.29. The van der Waals surface area contributed by atoms with Crippen LogP contribution in [0.3, 0.4) is 0 Å². The third-order valence-corrected chi connectivity index (χ3v) is 5.85. The van der Waals surface area contributed by atoms with Crippen LogP contribution in [0.2, 0.25) is 10.0 Å². The van der Waals surface area contributed by atoms with Crippen molar-refractivity contribution in [3.8, 4) is 11.5 Å². The average Bonchev–Trinajstić information content (AvgIpc) is 3.09. The monoisotopic (exact) mass is 484 g/mol. The zero-order chi connectivity index (χ0) is 23.7. The summed E-state index contributed by atoms with van der Waals surface area (Å²) in [6, 6.07) is 12.0. The molecule has 4 rings (SSSR count). The predicted molar refractivity (Wildman–Crippen MR) is 125 cm³/mol. The summed E-state index contributed by atoms with van der Waals surface area (Å²) in [6.45, 7) is 0. The highest BCUT2D eigenvalue weighted by atomic mass is 35.5. The first-order chi connectivity index (χ1) is 15.9. The molecule has 2 aromatic carbocycles. The Kier molecular flexibility index (Phi) is 6.26. The fourth-order valence-electron chi connectivity index (χ4n) is 3.75. The van der Waals surface area contributed by atoms with Crippen molar-refractivity contribution in [1.29, 1.82) is 0 Å². The van der Waals surface area contributed by atoms with Crippen LogP contribution in [0.15, 0.2) is 66.5 Å². The van der Waals surface area contributed by atoms with Crippen molar-refractivity contribution >= 4 is 46.3 Å². The normalized spacial score (nSPS) is 17.3. The summed E-state index contributed by atoms with van der Waals surface area (Å²) in [4.78, 5) is 31.6. The Balaban J connectivity index is 1.92. The molecular weight excluding hydrogens is 467 g/mol. The predicted octanol–water partition coefficient (Wildman–Crippen LogP) is 5.03. The number of pyridine rings is 1. The molecule has 2 heterocycles. The molecule has 9 heteroatoms. The first-order valence-corrected chi connectivity index (χ1v) is 10.5. The summed E-state index contributed by atoms with van der Waals surface area (Å²) < 4.78 is 10.3. The maximum absolute atomic E-state index is 13.2. The second-order valence-electron chi connectivity index (χ2n) is 7.12. The Morgan fingerprint density at radius 1 is 0.970 bits per heavy atom. The molecule has 1 aliphatic heterocycles. The second-order valence-corrected chi connectivity index (χ2v) is 7.94. The van der Waals surface area contributed by atoms with Crippen LogP contribution in [0.25, 0.3) is 5.76 Å². The van der Waals surface area contributed by atoms with Crippen LogP contribution in [-0.4, -0.2) is 36.0 Å². The number of ether oxygens (including phenoxy) is 2. The minimum Gasteiger partial charge on any atom is -0.507 e. The van der Waals surface area contributed by atoms with Gasteiger partial charge in [0.15, 0.2) is 5.75 Å². The lowest BCUT2D eigenvalue weighted by molar-refractivity contribution is -0.132. The fraction of sp³-hybridized carbons (Fsp3) is 0.125. The van der Waals surface area contributed by atoms with Crippen LogP contribution in [0, 0.1) is 0 Å². The fourth-order valence-corrected chi connectivity index (χ4v) is 4.39. The lowest BCUT2D eigenvalue weighted by atomic mass is 9.95. The standard InChI is InChI=1S/C24H18Cl2N2O5/c1-32-16-5-3-15(4-6-16)28-20(13-7-9-27-10-8-13)19(22(30)24(28)31)21(29)14-11-17(25)23(33-2)18(26)12-14/h3-12,20,29H,1-2H3/b21-19+. The van der Waals surface area contributed by atoms with E-state index in [9.17, 15) is 14.7 Å². The van der Waals surface area contributed by atoms with Crippen molar-refractivity contribution in [3.63, 3.8) is 0 Å². The number of hydrogen-bond acceptors (Lipinski definition) is 6. The van der Waals surface area contributed by atoms with Crippen molar-refractivity contribution in [2.24, 2.45) is 0 Å². The number of aliphatic hydroxyl groups excluding tert-OH is 1. The van der Waals surface area contributed by atoms with E-state index in [2.05, 4.69) is 4.98 Å². The summed E-state index contributed by atoms with van der Waals surface area (Å²) in [7, 11) is 2.94. The smallest absolute Gasteiger partial charge is 0.300 e. The first-order valence-electron chi connectivity index (χ1n) is 9.75. The van der Waals surface area contributed by atoms with E-state index in [1.54, 1.807) is 48.8 Å². The molecule has 1 aliphatic rings. The van der Waals surface area contributed by atoms with Gasteiger partial charge in [-0.1, -0.05) is 23.2 Å². The van der Waals surface area contributed by atoms with Gasteiger partial charge in [-0.3, -0.25) is 19.5 Å². The summed E-state index contributed by atoms with van der Waals surface area (Å²) in [5.74, 6) is -1.20. The van der Waals surface area contributed by atoms with Gasteiger partial charge in [0.05, 0.1) is 35.9 Å². The lowest BCUT2D eigenvalue weighted by Gasteiger charge is -2.25. The van der Waals surface area contributed by atoms with Gasteiger partial charge in [-0.15, -0.1) is 0 Å². The number of Topliss-reactive ketones (excluding diaryl/α,β-unsaturated/α-hetero) is 1. The van der Waals surface area contributed by atoms with E-state index in [4.69, 9.17) is 32.7 Å². The molecule has 0 saturated carbocycles. The van der Waals surface area contributed by atoms with Gasteiger partial charge in [0, 0.05) is 23.6 Å². The molecule has 1 amide bonds. The maximum atomic E-state index is 13.2. The number of ketones is 1. The van der Waals surface area contributed by atoms with Crippen LogP contribution in [0.1, 0.15) is 17.2 Å². The molecule has 1 saturated heterocycles. The topological polar surface area (TPSA) is 89.0 Å². The highest BCUT2D eigenvalue weighted by Crippen LogP contribution is 2.43. The number of rotatable bonds is 5. The van der Waals surface area contributed by atoms with Gasteiger partial charge in [0.25, 0.3) is 11.7 Å². The molecule has 0 aliphatic carbocycles. The van der Waals surface area contributed by atoms with E-state index in [0.717, 1.165) is 0 Å². The van der Waals surface area contributed by atoms with Crippen molar-refractivity contribution in [2.75, 3.05) is 19.1 Å². The van der Waals surface area contributed by atoms with Gasteiger partial charge in [-0.2, -0.15) is 0 Å². The molecule has 1 aromatic heterocycles. The summed E-state index contributed by atoms with van der Waals surface area (Å²) >= 11 is 12.5. The number of methoxy groups -OCH3 is 2. The van der Waals surface area contributed by atoms with Gasteiger partial charge in [-0.25, -0.2) is 0 Å². The van der Waals surface area contributed by atoms with E-state index in [1.165, 1.54) is 31.3 Å². The van der Waals surface area contributed by atoms with E-state index in [1.807, 2.05) is 0 Å². The van der Waals surface area contributed by atoms with Crippen LogP contribution in [0.5, 0.6) is 11.5 Å². The van der Waals surface area contributed by atoms with Crippen molar-refractivity contribution in [1.82, 2.24) is 4.98 Å². The zero-order valence-corrected chi connectivity index (χ0v) is 19.1. The van der Waals surface area contributed by atoms with Gasteiger partial charge < -0.3 is 14.6 Å². The minimum absolute atomic E-state index is 0.0979. The first kappa shape index (κ1) is 22.6. The Hall–Kier alpha value is -3.55. The van der Waals surface area contributed by atoms with Crippen LogP contribution in [0.4, 0.5) is 5.69 Å². The molecule has 1 unspecified atom stereocenters. The van der Waals surface area contributed by atoms with Crippen LogP contribution >= 0.6 is 23.2 Å². The largest absolute Gasteiger partial charge is 0.507 e. The van der Waals surface area contributed by atoms with Crippen molar-refractivity contribution in [2.45, 2.75) is 6.04 Å². The molecule has 33 heavy (non-hydrogen) atoms. The Morgan fingerprint density at radius 2 is 1.58 bits per heavy atom. The van der Waals surface area contributed by atoms with Gasteiger partial charge in [0.2, 0.25) is 0 Å². The summed E-state index contributed by atoms with van der Waals surface area (Å²) in [5.41, 5.74) is 1.13.